The number of aromatic hydroxyl groups is 2. The first-order chi connectivity index (χ1) is 18.4. The van der Waals surface area contributed by atoms with Crippen LogP contribution in [0.2, 0.25) is 0 Å². The van der Waals surface area contributed by atoms with E-state index in [4.69, 9.17) is 0 Å². The molecule has 0 unspecified atom stereocenters. The molecule has 0 radical (unpaired) electrons. The van der Waals surface area contributed by atoms with Crippen molar-refractivity contribution in [3.63, 3.8) is 0 Å². The molecular weight excluding hydrogens is 476 g/mol. The number of amides is 2. The monoisotopic (exact) mass is 516 g/mol. The molecule has 0 fully saturated rings. The summed E-state index contributed by atoms with van der Waals surface area (Å²) < 4.78 is 0. The van der Waals surface area contributed by atoms with Crippen molar-refractivity contribution in [2.75, 3.05) is 10.6 Å². The van der Waals surface area contributed by atoms with Crippen LogP contribution < -0.4 is 10.6 Å². The molecule has 0 saturated carbocycles. The second-order valence-electron chi connectivity index (χ2n) is 9.73. The first-order valence-corrected chi connectivity index (χ1v) is 13.8. The van der Waals surface area contributed by atoms with Crippen molar-refractivity contribution in [1.82, 2.24) is 0 Å². The summed E-state index contributed by atoms with van der Waals surface area (Å²) in [6, 6.07) is 17.2. The fraction of sp³-hybridized carbons (Fsp3) is 0.375. The zero-order valence-corrected chi connectivity index (χ0v) is 22.6. The van der Waals surface area contributed by atoms with Gasteiger partial charge in [0.15, 0.2) is 0 Å². The number of hydrogen-bond acceptors (Lipinski definition) is 4. The maximum atomic E-state index is 13.0. The summed E-state index contributed by atoms with van der Waals surface area (Å²) in [6.07, 6.45) is 10.1. The molecule has 38 heavy (non-hydrogen) atoms. The Bertz CT molecular complexity index is 1110. The second-order valence-corrected chi connectivity index (χ2v) is 9.73. The van der Waals surface area contributed by atoms with Crippen molar-refractivity contribution in [2.45, 2.75) is 78.1 Å². The fourth-order valence-corrected chi connectivity index (χ4v) is 4.62. The van der Waals surface area contributed by atoms with Gasteiger partial charge < -0.3 is 20.8 Å². The molecule has 3 aromatic carbocycles. The van der Waals surface area contributed by atoms with Gasteiger partial charge in [-0.05, 0) is 73.2 Å². The van der Waals surface area contributed by atoms with E-state index < -0.39 is 0 Å². The molecule has 0 heterocycles. The zero-order chi connectivity index (χ0) is 27.3. The maximum Gasteiger partial charge on any atom is 0.259 e. The van der Waals surface area contributed by atoms with Crippen LogP contribution >= 0.6 is 0 Å². The van der Waals surface area contributed by atoms with Gasteiger partial charge in [0.1, 0.15) is 11.5 Å². The minimum absolute atomic E-state index is 0.0347. The molecule has 0 aliphatic heterocycles. The van der Waals surface area contributed by atoms with Crippen LogP contribution in [0.25, 0.3) is 0 Å². The summed E-state index contributed by atoms with van der Waals surface area (Å²) in [5.41, 5.74) is 3.35. The van der Waals surface area contributed by atoms with Gasteiger partial charge in [0.2, 0.25) is 0 Å². The third-order valence-corrected chi connectivity index (χ3v) is 6.71. The third kappa shape index (κ3) is 8.10. The molecule has 0 spiro atoms. The van der Waals surface area contributed by atoms with Gasteiger partial charge in [-0.1, -0.05) is 76.6 Å². The van der Waals surface area contributed by atoms with E-state index in [1.165, 1.54) is 12.1 Å². The molecule has 0 aromatic heterocycles. The minimum Gasteiger partial charge on any atom is -0.507 e. The van der Waals surface area contributed by atoms with Crippen molar-refractivity contribution in [3.8, 4) is 11.5 Å². The number of hydrogen-bond donors (Lipinski definition) is 4. The number of nitrogens with one attached hydrogen (secondary N) is 2. The quantitative estimate of drug-likeness (QED) is 0.164. The highest BCUT2D eigenvalue weighted by molar-refractivity contribution is 6.08. The van der Waals surface area contributed by atoms with E-state index in [-0.39, 0.29) is 23.3 Å². The number of rotatable bonds is 14. The van der Waals surface area contributed by atoms with Crippen LogP contribution in [0.1, 0.15) is 97.1 Å². The topological polar surface area (TPSA) is 98.7 Å². The molecule has 0 aliphatic rings. The lowest BCUT2D eigenvalue weighted by Crippen LogP contribution is -2.16. The lowest BCUT2D eigenvalue weighted by molar-refractivity contribution is 0.101. The van der Waals surface area contributed by atoms with Crippen LogP contribution in [-0.4, -0.2) is 22.0 Å². The number of phenolic OH excluding ortho intramolecular Hbond substituents is 2. The Morgan fingerprint density at radius 1 is 0.579 bits per heavy atom. The third-order valence-electron chi connectivity index (χ3n) is 6.71. The van der Waals surface area contributed by atoms with Crippen LogP contribution in [0, 0.1) is 0 Å². The van der Waals surface area contributed by atoms with Crippen LogP contribution in [0.3, 0.4) is 0 Å². The molecule has 202 valence electrons. The SMILES string of the molecule is CCCCCCc1cccc(O)c1C(=O)Nc1ccc(NC(=O)c2c(O)cccc2CCCCCC)cc1. The van der Waals surface area contributed by atoms with Crippen molar-refractivity contribution < 1.29 is 19.8 Å². The van der Waals surface area contributed by atoms with Crippen molar-refractivity contribution >= 4 is 23.2 Å². The summed E-state index contributed by atoms with van der Waals surface area (Å²) in [4.78, 5) is 26.1. The molecule has 6 heteroatoms. The first kappa shape index (κ1) is 28.8. The van der Waals surface area contributed by atoms with E-state index in [9.17, 15) is 19.8 Å². The molecule has 3 aromatic rings. The van der Waals surface area contributed by atoms with E-state index in [1.807, 2.05) is 12.1 Å². The average molecular weight is 517 g/mol. The highest BCUT2D eigenvalue weighted by Crippen LogP contribution is 2.27. The Labute approximate surface area is 226 Å². The second kappa shape index (κ2) is 14.8. The van der Waals surface area contributed by atoms with Gasteiger partial charge in [0, 0.05) is 11.4 Å². The van der Waals surface area contributed by atoms with Gasteiger partial charge in [-0.2, -0.15) is 0 Å². The van der Waals surface area contributed by atoms with Crippen molar-refractivity contribution in [2.24, 2.45) is 0 Å². The van der Waals surface area contributed by atoms with Crippen LogP contribution in [0.15, 0.2) is 60.7 Å². The standard InChI is InChI=1S/C32H40N2O4/c1-3-5-7-9-13-23-15-11-17-27(35)29(23)31(37)33-25-19-21-26(22-20-25)34-32(38)30-24(14-10-8-6-4-2)16-12-18-28(30)36/h11-12,15-22,35-36H,3-10,13-14H2,1-2H3,(H,33,37)(H,34,38). The smallest absolute Gasteiger partial charge is 0.259 e. The molecule has 2 amide bonds. The van der Waals surface area contributed by atoms with Crippen LogP contribution in [-0.2, 0) is 12.8 Å². The molecule has 0 saturated heterocycles. The zero-order valence-electron chi connectivity index (χ0n) is 22.6. The van der Waals surface area contributed by atoms with Gasteiger partial charge >= 0.3 is 0 Å². The number of benzene rings is 3. The maximum absolute atomic E-state index is 13.0. The van der Waals surface area contributed by atoms with E-state index in [2.05, 4.69) is 24.5 Å². The fourth-order valence-electron chi connectivity index (χ4n) is 4.62. The highest BCUT2D eigenvalue weighted by atomic mass is 16.3. The number of phenols is 2. The van der Waals surface area contributed by atoms with Crippen LogP contribution in [0.4, 0.5) is 11.4 Å². The molecular formula is C32H40N2O4. The first-order valence-electron chi connectivity index (χ1n) is 13.8. The predicted molar refractivity (Wildman–Crippen MR) is 154 cm³/mol. The van der Waals surface area contributed by atoms with Crippen LogP contribution in [0.5, 0.6) is 11.5 Å². The van der Waals surface area contributed by atoms with E-state index in [1.54, 1.807) is 36.4 Å². The highest BCUT2D eigenvalue weighted by Gasteiger charge is 2.18. The van der Waals surface area contributed by atoms with E-state index in [0.29, 0.717) is 22.5 Å². The molecule has 6 nitrogen and oxygen atoms in total. The Kier molecular flexibility index (Phi) is 11.2. The summed E-state index contributed by atoms with van der Waals surface area (Å²) in [7, 11) is 0. The van der Waals surface area contributed by atoms with Crippen molar-refractivity contribution in [1.29, 1.82) is 0 Å². The van der Waals surface area contributed by atoms with Gasteiger partial charge in [-0.3, -0.25) is 9.59 Å². The average Bonchev–Trinajstić information content (AvgIpc) is 2.90. The van der Waals surface area contributed by atoms with Gasteiger partial charge in [0.05, 0.1) is 11.1 Å². The number of anilines is 2. The number of carbonyl (C=O) groups is 2. The Morgan fingerprint density at radius 2 is 0.974 bits per heavy atom. The minimum atomic E-state index is -0.368. The lowest BCUT2D eigenvalue weighted by atomic mass is 9.99. The normalized spacial score (nSPS) is 10.8. The largest absolute Gasteiger partial charge is 0.507 e. The molecule has 4 N–H and O–H groups in total. The molecule has 0 atom stereocenters. The number of aryl methyl sites for hydroxylation is 2. The lowest BCUT2D eigenvalue weighted by Gasteiger charge is -2.14. The number of unbranched alkanes of at least 4 members (excludes halogenated alkanes) is 6. The Balaban J connectivity index is 1.66. The van der Waals surface area contributed by atoms with E-state index in [0.717, 1.165) is 75.3 Å². The van der Waals surface area contributed by atoms with E-state index >= 15 is 0 Å². The molecule has 0 aliphatic carbocycles. The molecule has 3 rings (SSSR count). The van der Waals surface area contributed by atoms with Gasteiger partial charge in [-0.25, -0.2) is 0 Å². The van der Waals surface area contributed by atoms with Gasteiger partial charge in [-0.15, -0.1) is 0 Å². The Morgan fingerprint density at radius 3 is 1.34 bits per heavy atom. The summed E-state index contributed by atoms with van der Waals surface area (Å²) in [5, 5.41) is 26.5. The van der Waals surface area contributed by atoms with Gasteiger partial charge in [0.25, 0.3) is 11.8 Å². The summed E-state index contributed by atoms with van der Waals surface area (Å²) in [5.74, 6) is -0.806. The number of carbonyl (C=O) groups excluding carboxylic acids is 2. The predicted octanol–water partition coefficient (Wildman–Crippen LogP) is 7.85. The Hall–Kier alpha value is -3.80. The summed E-state index contributed by atoms with van der Waals surface area (Å²) in [6.45, 7) is 4.31. The van der Waals surface area contributed by atoms with Crippen molar-refractivity contribution in [3.05, 3.63) is 82.9 Å². The summed E-state index contributed by atoms with van der Waals surface area (Å²) >= 11 is 0. The molecule has 0 bridgehead atoms.